The van der Waals surface area contributed by atoms with E-state index in [-0.39, 0.29) is 11.2 Å². The van der Waals surface area contributed by atoms with Crippen molar-refractivity contribution in [3.8, 4) is 22.6 Å². The second-order valence-corrected chi connectivity index (χ2v) is 7.09. The summed E-state index contributed by atoms with van der Waals surface area (Å²) < 4.78 is 11.5. The Labute approximate surface area is 165 Å². The van der Waals surface area contributed by atoms with Crippen molar-refractivity contribution in [1.29, 1.82) is 0 Å². The molecule has 0 fully saturated rings. The number of methoxy groups -OCH3 is 1. The Hall–Kier alpha value is -2.79. The molecule has 0 aliphatic heterocycles. The van der Waals surface area contributed by atoms with Crippen molar-refractivity contribution in [1.82, 2.24) is 4.90 Å². The van der Waals surface area contributed by atoms with Crippen molar-refractivity contribution in [2.45, 2.75) is 33.2 Å². The van der Waals surface area contributed by atoms with Crippen molar-refractivity contribution < 1.29 is 14.3 Å². The molecule has 2 aromatic carbocycles. The van der Waals surface area contributed by atoms with Gasteiger partial charge in [0.15, 0.2) is 0 Å². The van der Waals surface area contributed by atoms with E-state index >= 15 is 0 Å². The van der Waals surface area contributed by atoms with Crippen LogP contribution in [0.1, 0.15) is 31.1 Å². The van der Waals surface area contributed by atoms with Gasteiger partial charge >= 0.3 is 0 Å². The first kappa shape index (κ1) is 20.0. The number of unbranched alkanes of at least 4 members (excludes halogenated alkanes) is 1. The molecule has 148 valence electrons. The van der Waals surface area contributed by atoms with Crippen molar-refractivity contribution >= 4 is 11.0 Å². The molecule has 3 rings (SSSR count). The Morgan fingerprint density at radius 3 is 2.64 bits per heavy atom. The first-order valence-corrected chi connectivity index (χ1v) is 9.58. The van der Waals surface area contributed by atoms with E-state index < -0.39 is 0 Å². The molecule has 0 saturated carbocycles. The summed E-state index contributed by atoms with van der Waals surface area (Å²) in [5, 5.41) is 10.9. The Balaban J connectivity index is 2.18. The third-order valence-corrected chi connectivity index (χ3v) is 5.01. The van der Waals surface area contributed by atoms with E-state index in [2.05, 4.69) is 11.8 Å². The molecule has 0 saturated heterocycles. The zero-order chi connectivity index (χ0) is 20.3. The number of hydrogen-bond acceptors (Lipinski definition) is 5. The minimum absolute atomic E-state index is 0.124. The van der Waals surface area contributed by atoms with Gasteiger partial charge in [0.2, 0.25) is 5.43 Å². The highest BCUT2D eigenvalue weighted by Gasteiger charge is 2.20. The minimum atomic E-state index is -0.124. The zero-order valence-electron chi connectivity index (χ0n) is 16.9. The van der Waals surface area contributed by atoms with E-state index in [1.54, 1.807) is 26.2 Å². The van der Waals surface area contributed by atoms with Crippen molar-refractivity contribution in [2.24, 2.45) is 0 Å². The lowest BCUT2D eigenvalue weighted by atomic mass is 10.00. The van der Waals surface area contributed by atoms with Crippen LogP contribution in [0, 0.1) is 6.92 Å². The predicted octanol–water partition coefficient (Wildman–Crippen LogP) is 4.71. The Bertz CT molecular complexity index is 1040. The molecule has 0 aliphatic carbocycles. The minimum Gasteiger partial charge on any atom is -0.507 e. The molecule has 0 unspecified atom stereocenters. The van der Waals surface area contributed by atoms with E-state index in [1.807, 2.05) is 31.3 Å². The number of aryl methyl sites for hydroxylation is 1. The summed E-state index contributed by atoms with van der Waals surface area (Å²) in [4.78, 5) is 15.5. The molecule has 0 aliphatic rings. The van der Waals surface area contributed by atoms with Gasteiger partial charge in [-0.15, -0.1) is 0 Å². The molecule has 1 aromatic heterocycles. The molecule has 28 heavy (non-hydrogen) atoms. The quantitative estimate of drug-likeness (QED) is 0.642. The predicted molar refractivity (Wildman–Crippen MR) is 112 cm³/mol. The van der Waals surface area contributed by atoms with Crippen molar-refractivity contribution in [2.75, 3.05) is 20.7 Å². The SMILES string of the molecule is CCCCN(C)Cc1c(O)ccc2c(=O)c(-c3ccccc3OC)c(C)oc12. The highest BCUT2D eigenvalue weighted by Crippen LogP contribution is 2.34. The first-order chi connectivity index (χ1) is 13.5. The highest BCUT2D eigenvalue weighted by atomic mass is 16.5. The van der Waals surface area contributed by atoms with Gasteiger partial charge in [-0.1, -0.05) is 31.5 Å². The largest absolute Gasteiger partial charge is 0.507 e. The summed E-state index contributed by atoms with van der Waals surface area (Å²) in [6.45, 7) is 5.34. The van der Waals surface area contributed by atoms with Gasteiger partial charge in [-0.2, -0.15) is 0 Å². The average molecular weight is 381 g/mol. The molecule has 0 radical (unpaired) electrons. The summed E-state index contributed by atoms with van der Waals surface area (Å²) in [6, 6.07) is 10.6. The van der Waals surface area contributed by atoms with Gasteiger partial charge in [-0.05, 0) is 45.1 Å². The number of rotatable bonds is 7. The van der Waals surface area contributed by atoms with Crippen molar-refractivity contribution in [3.05, 3.63) is 57.9 Å². The maximum Gasteiger partial charge on any atom is 0.200 e. The monoisotopic (exact) mass is 381 g/mol. The smallest absolute Gasteiger partial charge is 0.200 e. The number of phenolic OH excluding ortho intramolecular Hbond substituents is 1. The Morgan fingerprint density at radius 1 is 1.18 bits per heavy atom. The summed E-state index contributed by atoms with van der Waals surface area (Å²) in [7, 11) is 3.58. The number of para-hydroxylation sites is 1. The summed E-state index contributed by atoms with van der Waals surface area (Å²) in [6.07, 6.45) is 2.17. The lowest BCUT2D eigenvalue weighted by Crippen LogP contribution is -2.19. The third-order valence-electron chi connectivity index (χ3n) is 5.01. The number of ether oxygens (including phenoxy) is 1. The lowest BCUT2D eigenvalue weighted by molar-refractivity contribution is 0.314. The number of fused-ring (bicyclic) bond motifs is 1. The molecule has 5 nitrogen and oxygen atoms in total. The van der Waals surface area contributed by atoms with Gasteiger partial charge in [0.25, 0.3) is 0 Å². The number of aromatic hydroxyl groups is 1. The molecule has 0 bridgehead atoms. The Kier molecular flexibility index (Phi) is 6.05. The van der Waals surface area contributed by atoms with Gasteiger partial charge in [0, 0.05) is 12.1 Å². The second-order valence-electron chi connectivity index (χ2n) is 7.09. The topological polar surface area (TPSA) is 62.9 Å². The van der Waals surface area contributed by atoms with Crippen LogP contribution in [-0.4, -0.2) is 30.7 Å². The molecule has 5 heteroatoms. The van der Waals surface area contributed by atoms with Crippen LogP contribution in [0.3, 0.4) is 0 Å². The fourth-order valence-corrected chi connectivity index (χ4v) is 3.50. The van der Waals surface area contributed by atoms with Crippen LogP contribution in [-0.2, 0) is 6.54 Å². The summed E-state index contributed by atoms with van der Waals surface area (Å²) in [5.74, 6) is 1.27. The number of hydrogen-bond donors (Lipinski definition) is 1. The molecule has 0 spiro atoms. The molecule has 0 atom stereocenters. The fraction of sp³-hybridized carbons (Fsp3) is 0.348. The van der Waals surface area contributed by atoms with Crippen molar-refractivity contribution in [3.63, 3.8) is 0 Å². The molecule has 1 heterocycles. The summed E-state index contributed by atoms with van der Waals surface area (Å²) in [5.41, 5.74) is 2.15. The standard InChI is InChI=1S/C23H27NO4/c1-5-6-13-24(3)14-18-19(25)12-11-17-22(26)21(15(2)28-23(17)18)16-9-7-8-10-20(16)27-4/h7-12,25H,5-6,13-14H2,1-4H3. The average Bonchev–Trinajstić information content (AvgIpc) is 2.69. The van der Waals surface area contributed by atoms with Gasteiger partial charge in [0.05, 0.1) is 23.6 Å². The summed E-state index contributed by atoms with van der Waals surface area (Å²) >= 11 is 0. The van der Waals surface area contributed by atoms with E-state index in [1.165, 1.54) is 0 Å². The molecule has 0 amide bonds. The van der Waals surface area contributed by atoms with Crippen LogP contribution in [0.15, 0.2) is 45.6 Å². The third kappa shape index (κ3) is 3.76. The van der Waals surface area contributed by atoms with E-state index in [0.29, 0.717) is 45.7 Å². The molecule has 3 aromatic rings. The van der Waals surface area contributed by atoms with Crippen LogP contribution >= 0.6 is 0 Å². The molecular formula is C23H27NO4. The first-order valence-electron chi connectivity index (χ1n) is 9.58. The second kappa shape index (κ2) is 8.48. The molecular weight excluding hydrogens is 354 g/mol. The lowest BCUT2D eigenvalue weighted by Gasteiger charge is -2.18. The fourth-order valence-electron chi connectivity index (χ4n) is 3.50. The highest BCUT2D eigenvalue weighted by molar-refractivity contribution is 5.87. The maximum absolute atomic E-state index is 13.3. The van der Waals surface area contributed by atoms with Crippen LogP contribution in [0.4, 0.5) is 0 Å². The van der Waals surface area contributed by atoms with Crippen LogP contribution in [0.5, 0.6) is 11.5 Å². The molecule has 1 N–H and O–H groups in total. The van der Waals surface area contributed by atoms with Crippen LogP contribution in [0.25, 0.3) is 22.1 Å². The van der Waals surface area contributed by atoms with E-state index in [0.717, 1.165) is 19.4 Å². The van der Waals surface area contributed by atoms with Crippen LogP contribution in [0.2, 0.25) is 0 Å². The number of benzene rings is 2. The normalized spacial score (nSPS) is 11.3. The van der Waals surface area contributed by atoms with Gasteiger partial charge in [0.1, 0.15) is 22.8 Å². The number of nitrogens with zero attached hydrogens (tertiary/aromatic N) is 1. The number of phenols is 1. The van der Waals surface area contributed by atoms with Gasteiger partial charge in [-0.3, -0.25) is 4.79 Å². The Morgan fingerprint density at radius 2 is 1.93 bits per heavy atom. The van der Waals surface area contributed by atoms with Gasteiger partial charge < -0.3 is 19.2 Å². The van der Waals surface area contributed by atoms with E-state index in [4.69, 9.17) is 9.15 Å². The van der Waals surface area contributed by atoms with Gasteiger partial charge in [-0.25, -0.2) is 0 Å². The maximum atomic E-state index is 13.3. The van der Waals surface area contributed by atoms with E-state index in [9.17, 15) is 9.90 Å². The van der Waals surface area contributed by atoms with Crippen LogP contribution < -0.4 is 10.2 Å². The zero-order valence-corrected chi connectivity index (χ0v) is 16.9.